The van der Waals surface area contributed by atoms with Crippen LogP contribution in [0.1, 0.15) is 21.6 Å². The number of likely N-dealkylation sites (N-methyl/N-ethyl adjacent to an activating group) is 1. The second-order valence-corrected chi connectivity index (χ2v) is 5.18. The summed E-state index contributed by atoms with van der Waals surface area (Å²) in [7, 11) is 1.39. The molecule has 1 atom stereocenters. The number of furan rings is 1. The normalized spacial score (nSPS) is 11.9. The predicted octanol–water partition coefficient (Wildman–Crippen LogP) is 0.785. The third kappa shape index (κ3) is 3.25. The lowest BCUT2D eigenvalue weighted by Crippen LogP contribution is -2.37. The quantitative estimate of drug-likeness (QED) is 0.727. The molecule has 0 unspecified atom stereocenters. The number of amides is 2. The Hall–Kier alpha value is -2.12. The molecule has 2 rings (SSSR count). The van der Waals surface area contributed by atoms with Gasteiger partial charge in [-0.05, 0) is 24.3 Å². The molecule has 106 valence electrons. The molecule has 3 N–H and O–H groups in total. The number of aliphatic hydroxyl groups excluding tert-OH is 1. The third-order valence-electron chi connectivity index (χ3n) is 2.62. The van der Waals surface area contributed by atoms with Gasteiger partial charge < -0.3 is 20.2 Å². The number of carbonyl (C=O) groups excluding carboxylic acids is 2. The molecule has 0 aliphatic heterocycles. The number of thiophene rings is 1. The standard InChI is InChI=1S/C13H14N2O4S/c1-14-12(17)13(18)15-7-8-4-5-10(20-8)11(16)9-3-2-6-19-9/h2-6,11,16H,7H2,1H3,(H,14,17)(H,15,18)/t11-/m1/s1. The fourth-order valence-corrected chi connectivity index (χ4v) is 2.53. The van der Waals surface area contributed by atoms with Gasteiger partial charge in [0.25, 0.3) is 0 Å². The number of hydrogen-bond donors (Lipinski definition) is 3. The number of nitrogens with one attached hydrogen (secondary N) is 2. The third-order valence-corrected chi connectivity index (χ3v) is 3.76. The van der Waals surface area contributed by atoms with E-state index in [-0.39, 0.29) is 6.54 Å². The van der Waals surface area contributed by atoms with Gasteiger partial charge in [-0.2, -0.15) is 0 Å². The van der Waals surface area contributed by atoms with Gasteiger partial charge in [0.15, 0.2) is 0 Å². The largest absolute Gasteiger partial charge is 0.466 e. The van der Waals surface area contributed by atoms with E-state index in [0.717, 1.165) is 4.88 Å². The van der Waals surface area contributed by atoms with Gasteiger partial charge in [0.2, 0.25) is 0 Å². The average Bonchev–Trinajstić information content (AvgIpc) is 3.14. The topological polar surface area (TPSA) is 91.6 Å². The number of carbonyl (C=O) groups is 2. The van der Waals surface area contributed by atoms with E-state index in [1.807, 2.05) is 0 Å². The highest BCUT2D eigenvalue weighted by atomic mass is 32.1. The van der Waals surface area contributed by atoms with Gasteiger partial charge >= 0.3 is 11.8 Å². The van der Waals surface area contributed by atoms with Crippen molar-refractivity contribution < 1.29 is 19.1 Å². The molecule has 0 fully saturated rings. The molecule has 0 radical (unpaired) electrons. The van der Waals surface area contributed by atoms with E-state index in [2.05, 4.69) is 10.6 Å². The average molecular weight is 294 g/mol. The zero-order valence-electron chi connectivity index (χ0n) is 10.8. The highest BCUT2D eigenvalue weighted by Gasteiger charge is 2.16. The first-order valence-corrected chi connectivity index (χ1v) is 6.73. The molecule has 2 aromatic heterocycles. The van der Waals surface area contributed by atoms with Crippen LogP contribution in [0.4, 0.5) is 0 Å². The lowest BCUT2D eigenvalue weighted by Gasteiger charge is -2.04. The summed E-state index contributed by atoms with van der Waals surface area (Å²) in [5.74, 6) is -0.903. The van der Waals surface area contributed by atoms with Crippen molar-refractivity contribution in [3.8, 4) is 0 Å². The van der Waals surface area contributed by atoms with E-state index >= 15 is 0 Å². The molecule has 20 heavy (non-hydrogen) atoms. The molecule has 0 bridgehead atoms. The Labute approximate surface area is 119 Å². The molecule has 0 saturated heterocycles. The smallest absolute Gasteiger partial charge is 0.309 e. The lowest BCUT2D eigenvalue weighted by molar-refractivity contribution is -0.138. The summed E-state index contributed by atoms with van der Waals surface area (Å²) in [5.41, 5.74) is 0. The van der Waals surface area contributed by atoms with Crippen molar-refractivity contribution in [1.29, 1.82) is 0 Å². The summed E-state index contributed by atoms with van der Waals surface area (Å²) in [6.07, 6.45) is 0.676. The van der Waals surface area contributed by atoms with E-state index in [4.69, 9.17) is 4.42 Å². The van der Waals surface area contributed by atoms with E-state index in [0.29, 0.717) is 10.6 Å². The maximum atomic E-state index is 11.3. The Bertz CT molecular complexity index is 591. The van der Waals surface area contributed by atoms with Crippen molar-refractivity contribution in [1.82, 2.24) is 10.6 Å². The van der Waals surface area contributed by atoms with Gasteiger partial charge in [0.05, 0.1) is 12.8 Å². The van der Waals surface area contributed by atoms with Crippen molar-refractivity contribution in [2.24, 2.45) is 0 Å². The van der Waals surface area contributed by atoms with E-state index in [1.54, 1.807) is 24.3 Å². The summed E-state index contributed by atoms with van der Waals surface area (Å²) in [6.45, 7) is 0.238. The second-order valence-electron chi connectivity index (χ2n) is 3.98. The minimum Gasteiger partial charge on any atom is -0.466 e. The summed E-state index contributed by atoms with van der Waals surface area (Å²) >= 11 is 1.34. The Morgan fingerprint density at radius 1 is 1.35 bits per heavy atom. The second kappa shape index (κ2) is 6.36. The monoisotopic (exact) mass is 294 g/mol. The molecule has 7 heteroatoms. The van der Waals surface area contributed by atoms with E-state index < -0.39 is 17.9 Å². The van der Waals surface area contributed by atoms with Crippen molar-refractivity contribution in [2.75, 3.05) is 7.05 Å². The minimum absolute atomic E-state index is 0.238. The van der Waals surface area contributed by atoms with Gasteiger partial charge in [0, 0.05) is 16.8 Å². The summed E-state index contributed by atoms with van der Waals surface area (Å²) in [4.78, 5) is 23.9. The van der Waals surface area contributed by atoms with Crippen LogP contribution >= 0.6 is 11.3 Å². The fourth-order valence-electron chi connectivity index (χ4n) is 1.58. The minimum atomic E-state index is -0.821. The number of rotatable bonds is 4. The van der Waals surface area contributed by atoms with Gasteiger partial charge in [-0.1, -0.05) is 0 Å². The van der Waals surface area contributed by atoms with E-state index in [9.17, 15) is 14.7 Å². The van der Waals surface area contributed by atoms with Crippen LogP contribution in [0.2, 0.25) is 0 Å². The highest BCUT2D eigenvalue weighted by Crippen LogP contribution is 2.28. The van der Waals surface area contributed by atoms with Crippen LogP contribution in [0.5, 0.6) is 0 Å². The van der Waals surface area contributed by atoms with Gasteiger partial charge in [-0.25, -0.2) is 0 Å². The SMILES string of the molecule is CNC(=O)C(=O)NCc1ccc([C@H](O)c2ccco2)s1. The van der Waals surface area contributed by atoms with Crippen LogP contribution in [0.25, 0.3) is 0 Å². The predicted molar refractivity (Wildman–Crippen MR) is 73.0 cm³/mol. The van der Waals surface area contributed by atoms with Crippen LogP contribution in [0.15, 0.2) is 34.9 Å². The number of hydrogen-bond acceptors (Lipinski definition) is 5. The molecule has 0 saturated carbocycles. The molecule has 0 aliphatic carbocycles. The van der Waals surface area contributed by atoms with Crippen LogP contribution < -0.4 is 10.6 Å². The molecule has 6 nitrogen and oxygen atoms in total. The van der Waals surface area contributed by atoms with E-state index in [1.165, 1.54) is 24.6 Å². The molecule has 2 aromatic rings. The van der Waals surface area contributed by atoms with Crippen LogP contribution in [-0.4, -0.2) is 24.0 Å². The number of aliphatic hydroxyl groups is 1. The lowest BCUT2D eigenvalue weighted by atomic mass is 10.2. The Kier molecular flexibility index (Phi) is 4.54. The maximum absolute atomic E-state index is 11.3. The van der Waals surface area contributed by atoms with Crippen LogP contribution in [0, 0.1) is 0 Å². The molecule has 2 amide bonds. The molecule has 0 aromatic carbocycles. The Morgan fingerprint density at radius 2 is 2.15 bits per heavy atom. The molecular weight excluding hydrogens is 280 g/mol. The first kappa shape index (κ1) is 14.3. The van der Waals surface area contributed by atoms with Gasteiger partial charge in [-0.15, -0.1) is 11.3 Å². The van der Waals surface area contributed by atoms with Crippen molar-refractivity contribution in [2.45, 2.75) is 12.6 Å². The maximum Gasteiger partial charge on any atom is 0.309 e. The van der Waals surface area contributed by atoms with Crippen molar-refractivity contribution >= 4 is 23.2 Å². The van der Waals surface area contributed by atoms with Gasteiger partial charge in [0.1, 0.15) is 11.9 Å². The van der Waals surface area contributed by atoms with Crippen molar-refractivity contribution in [3.63, 3.8) is 0 Å². The van der Waals surface area contributed by atoms with Gasteiger partial charge in [-0.3, -0.25) is 9.59 Å². The first-order valence-electron chi connectivity index (χ1n) is 5.92. The molecule has 0 spiro atoms. The zero-order chi connectivity index (χ0) is 14.5. The summed E-state index contributed by atoms with van der Waals surface area (Å²) in [6, 6.07) is 6.95. The van der Waals surface area contributed by atoms with Crippen LogP contribution in [-0.2, 0) is 16.1 Å². The first-order chi connectivity index (χ1) is 9.61. The molecular formula is C13H14N2O4S. The highest BCUT2D eigenvalue weighted by molar-refractivity contribution is 7.12. The fraction of sp³-hybridized carbons (Fsp3) is 0.231. The molecule has 2 heterocycles. The summed E-state index contributed by atoms with van der Waals surface area (Å²) in [5, 5.41) is 14.8. The summed E-state index contributed by atoms with van der Waals surface area (Å²) < 4.78 is 5.14. The van der Waals surface area contributed by atoms with Crippen LogP contribution in [0.3, 0.4) is 0 Å². The Morgan fingerprint density at radius 3 is 2.80 bits per heavy atom. The zero-order valence-corrected chi connectivity index (χ0v) is 11.6. The molecule has 0 aliphatic rings. The Balaban J connectivity index is 1.96. The van der Waals surface area contributed by atoms with Crippen molar-refractivity contribution in [3.05, 3.63) is 46.0 Å².